The highest BCUT2D eigenvalue weighted by Gasteiger charge is 2.38. The van der Waals surface area contributed by atoms with E-state index >= 15 is 0 Å². The largest absolute Gasteiger partial charge is 0.548 e. The second-order valence-corrected chi connectivity index (χ2v) is 7.47. The number of hydrogen-bond acceptors (Lipinski definition) is 6. The van der Waals surface area contributed by atoms with E-state index < -0.39 is 35.6 Å². The summed E-state index contributed by atoms with van der Waals surface area (Å²) in [5.74, 6) is -2.42. The lowest BCUT2D eigenvalue weighted by Crippen LogP contribution is -2.55. The third-order valence-corrected chi connectivity index (χ3v) is 5.52. The van der Waals surface area contributed by atoms with Crippen LogP contribution in [0.5, 0.6) is 0 Å². The number of hydrogen-bond donors (Lipinski definition) is 0. The van der Waals surface area contributed by atoms with Crippen LogP contribution in [0.15, 0.2) is 47.4 Å². The second-order valence-electron chi connectivity index (χ2n) is 6.48. The molecule has 0 radical (unpaired) electrons. The number of carboxylic acids is 1. The van der Waals surface area contributed by atoms with Gasteiger partial charge in [-0.25, -0.2) is 0 Å². The normalized spacial score (nSPS) is 21.7. The van der Waals surface area contributed by atoms with E-state index in [0.29, 0.717) is 19.3 Å². The Morgan fingerprint density at radius 2 is 1.93 bits per heavy atom. The van der Waals surface area contributed by atoms with E-state index in [2.05, 4.69) is 0 Å². The highest BCUT2D eigenvalue weighted by Crippen LogP contribution is 2.31. The van der Waals surface area contributed by atoms with Crippen molar-refractivity contribution in [1.29, 1.82) is 0 Å². The Morgan fingerprint density at radius 1 is 1.18 bits per heavy atom. The predicted molar refractivity (Wildman–Crippen MR) is 103 cm³/mol. The number of likely N-dealkylation sites (tertiary alicyclic amines) is 1. The van der Waals surface area contributed by atoms with Gasteiger partial charge in [0.05, 0.1) is 16.9 Å². The minimum Gasteiger partial charge on any atom is -0.548 e. The molecule has 2 fully saturated rings. The van der Waals surface area contributed by atoms with E-state index in [-0.39, 0.29) is 11.4 Å². The molecule has 2 aliphatic heterocycles. The number of carbonyl (C=O) groups is 4. The van der Waals surface area contributed by atoms with Gasteiger partial charge in [0, 0.05) is 6.54 Å². The van der Waals surface area contributed by atoms with Gasteiger partial charge in [0.2, 0.25) is 5.91 Å². The van der Waals surface area contributed by atoms with Crippen molar-refractivity contribution in [2.24, 2.45) is 0 Å². The standard InChI is InChI=1S/C20H20N2O5S/c23-17(21-12-5-4-10-15(21)19(25)26)13-22-18(24)16(28-20(22)27)11-6-9-14-7-2-1-3-8-14/h1-3,6-9,11,15H,4-5,10,12-13H2,(H,25,26)/p-1/b9-6+,16-11-/t15-/m1/s1. The number of benzene rings is 1. The van der Waals surface area contributed by atoms with Crippen LogP contribution in [0.2, 0.25) is 0 Å². The van der Waals surface area contributed by atoms with Crippen molar-refractivity contribution in [2.45, 2.75) is 25.3 Å². The Morgan fingerprint density at radius 3 is 2.64 bits per heavy atom. The highest BCUT2D eigenvalue weighted by molar-refractivity contribution is 8.18. The van der Waals surface area contributed by atoms with Crippen LogP contribution in [0.1, 0.15) is 24.8 Å². The van der Waals surface area contributed by atoms with Crippen molar-refractivity contribution in [1.82, 2.24) is 9.80 Å². The second kappa shape index (κ2) is 8.88. The molecule has 2 saturated heterocycles. The smallest absolute Gasteiger partial charge is 0.294 e. The summed E-state index contributed by atoms with van der Waals surface area (Å²) in [5, 5.41) is 10.7. The molecule has 1 aromatic carbocycles. The number of amides is 3. The lowest BCUT2D eigenvalue weighted by Gasteiger charge is -2.36. The Balaban J connectivity index is 1.66. The Labute approximate surface area is 166 Å². The highest BCUT2D eigenvalue weighted by atomic mass is 32.2. The molecule has 146 valence electrons. The molecular formula is C20H19N2O5S-. The van der Waals surface area contributed by atoms with Crippen LogP contribution in [0.25, 0.3) is 6.08 Å². The first-order valence-electron chi connectivity index (χ1n) is 8.95. The van der Waals surface area contributed by atoms with E-state index in [4.69, 9.17) is 0 Å². The number of carboxylic acid groups (broad SMARTS) is 1. The molecule has 0 bridgehead atoms. The van der Waals surface area contributed by atoms with Gasteiger partial charge in [-0.3, -0.25) is 19.3 Å². The van der Waals surface area contributed by atoms with Gasteiger partial charge in [0.25, 0.3) is 11.1 Å². The van der Waals surface area contributed by atoms with Gasteiger partial charge < -0.3 is 14.8 Å². The molecule has 0 saturated carbocycles. The fraction of sp³-hybridized carbons (Fsp3) is 0.300. The third kappa shape index (κ3) is 4.51. The summed E-state index contributed by atoms with van der Waals surface area (Å²) >= 11 is 0.761. The summed E-state index contributed by atoms with van der Waals surface area (Å²) in [5.41, 5.74) is 0.951. The van der Waals surface area contributed by atoms with Crippen LogP contribution in [0.3, 0.4) is 0 Å². The summed E-state index contributed by atoms with van der Waals surface area (Å²) in [6.07, 6.45) is 6.71. The topological polar surface area (TPSA) is 97.8 Å². The van der Waals surface area contributed by atoms with Crippen molar-refractivity contribution >= 4 is 40.9 Å². The van der Waals surface area contributed by atoms with Crippen molar-refractivity contribution in [2.75, 3.05) is 13.1 Å². The maximum absolute atomic E-state index is 12.5. The van der Waals surface area contributed by atoms with Crippen LogP contribution in [0, 0.1) is 0 Å². The number of aliphatic carboxylic acids is 1. The maximum Gasteiger partial charge on any atom is 0.294 e. The minimum atomic E-state index is -1.31. The van der Waals surface area contributed by atoms with Crippen molar-refractivity contribution in [3.8, 4) is 0 Å². The fourth-order valence-electron chi connectivity index (χ4n) is 3.16. The molecule has 3 rings (SSSR count). The number of nitrogens with zero attached hydrogens (tertiary/aromatic N) is 2. The number of allylic oxidation sites excluding steroid dienone is 2. The number of imide groups is 1. The number of carbonyl (C=O) groups excluding carboxylic acids is 4. The van der Waals surface area contributed by atoms with E-state index in [9.17, 15) is 24.3 Å². The summed E-state index contributed by atoms with van der Waals surface area (Å²) in [4.78, 5) is 50.7. The third-order valence-electron chi connectivity index (χ3n) is 4.60. The molecule has 2 heterocycles. The number of thioether (sulfide) groups is 1. The van der Waals surface area contributed by atoms with Gasteiger partial charge >= 0.3 is 0 Å². The van der Waals surface area contributed by atoms with Crippen molar-refractivity contribution < 1.29 is 24.3 Å². The zero-order valence-electron chi connectivity index (χ0n) is 15.1. The molecule has 28 heavy (non-hydrogen) atoms. The first kappa shape index (κ1) is 19.9. The van der Waals surface area contributed by atoms with Gasteiger partial charge in [-0.15, -0.1) is 0 Å². The van der Waals surface area contributed by atoms with Gasteiger partial charge in [0.1, 0.15) is 6.54 Å². The minimum absolute atomic E-state index is 0.222. The monoisotopic (exact) mass is 399 g/mol. The summed E-state index contributed by atoms with van der Waals surface area (Å²) in [7, 11) is 0. The molecule has 0 aromatic heterocycles. The zero-order valence-corrected chi connectivity index (χ0v) is 15.9. The van der Waals surface area contributed by atoms with Gasteiger partial charge in [-0.2, -0.15) is 0 Å². The average molecular weight is 399 g/mol. The summed E-state index contributed by atoms with van der Waals surface area (Å²) < 4.78 is 0. The zero-order chi connectivity index (χ0) is 20.1. The van der Waals surface area contributed by atoms with Crippen molar-refractivity contribution in [3.63, 3.8) is 0 Å². The molecule has 3 amide bonds. The lowest BCUT2D eigenvalue weighted by molar-refractivity contribution is -0.312. The predicted octanol–water partition coefficient (Wildman–Crippen LogP) is 1.41. The molecular weight excluding hydrogens is 380 g/mol. The summed E-state index contributed by atoms with van der Waals surface area (Å²) in [6, 6.07) is 8.47. The molecule has 1 aromatic rings. The maximum atomic E-state index is 12.5. The van der Waals surface area contributed by atoms with E-state index in [1.807, 2.05) is 30.3 Å². The van der Waals surface area contributed by atoms with Gasteiger partial charge in [0.15, 0.2) is 0 Å². The number of rotatable bonds is 5. The van der Waals surface area contributed by atoms with E-state index in [0.717, 1.165) is 22.2 Å². The molecule has 0 unspecified atom stereocenters. The Bertz CT molecular complexity index is 849. The van der Waals surface area contributed by atoms with E-state index in [1.54, 1.807) is 12.2 Å². The molecule has 0 aliphatic carbocycles. The van der Waals surface area contributed by atoms with Gasteiger partial charge in [-0.1, -0.05) is 42.5 Å². The lowest BCUT2D eigenvalue weighted by atomic mass is 10.0. The van der Waals surface area contributed by atoms with Crippen LogP contribution in [-0.2, 0) is 14.4 Å². The molecule has 8 heteroatoms. The van der Waals surface area contributed by atoms with E-state index in [1.165, 1.54) is 11.0 Å². The molecule has 2 aliphatic rings. The Kier molecular flexibility index (Phi) is 6.30. The van der Waals surface area contributed by atoms with Crippen LogP contribution in [0.4, 0.5) is 4.79 Å². The number of piperidine rings is 1. The van der Waals surface area contributed by atoms with Crippen molar-refractivity contribution in [3.05, 3.63) is 53.0 Å². The molecule has 7 nitrogen and oxygen atoms in total. The molecule has 0 spiro atoms. The first-order valence-corrected chi connectivity index (χ1v) is 9.76. The van der Waals surface area contributed by atoms with Crippen LogP contribution >= 0.6 is 11.8 Å². The summed E-state index contributed by atoms with van der Waals surface area (Å²) in [6.45, 7) is -0.183. The average Bonchev–Trinajstić information content (AvgIpc) is 2.96. The molecule has 1 atom stereocenters. The molecule has 0 N–H and O–H groups in total. The SMILES string of the molecule is O=C([O-])[C@H]1CCCCN1C(=O)CN1C(=O)S/C(=C\C=C\c2ccccc2)C1=O. The van der Waals surface area contributed by atoms with Crippen LogP contribution < -0.4 is 5.11 Å². The van der Waals surface area contributed by atoms with Crippen LogP contribution in [-0.4, -0.2) is 52.0 Å². The van der Waals surface area contributed by atoms with Gasteiger partial charge in [-0.05, 0) is 42.7 Å². The fourth-order valence-corrected chi connectivity index (χ4v) is 3.95. The quantitative estimate of drug-likeness (QED) is 0.695. The Hall–Kier alpha value is -2.87. The first-order chi connectivity index (χ1) is 13.5.